The van der Waals surface area contributed by atoms with Gasteiger partial charge >= 0.3 is 0 Å². The third kappa shape index (κ3) is 2.24. The minimum Gasteiger partial charge on any atom is -0.496 e. The standard InChI is InChI=1S/C14H19N3O/c1-9-5-11(6-10(2)14(9)18-4)13-12(7-15-3)16-8-17-13/h5-6,8,15H,7H2,1-4H3,(H,16,17). The first-order chi connectivity index (χ1) is 8.67. The van der Waals surface area contributed by atoms with E-state index in [-0.39, 0.29) is 0 Å². The van der Waals surface area contributed by atoms with Crippen molar-refractivity contribution in [3.63, 3.8) is 0 Å². The number of aromatic nitrogens is 2. The summed E-state index contributed by atoms with van der Waals surface area (Å²) >= 11 is 0. The Kier molecular flexibility index (Phi) is 3.67. The summed E-state index contributed by atoms with van der Waals surface area (Å²) in [6.45, 7) is 4.89. The monoisotopic (exact) mass is 245 g/mol. The fourth-order valence-corrected chi connectivity index (χ4v) is 2.29. The van der Waals surface area contributed by atoms with Gasteiger partial charge in [0.1, 0.15) is 5.75 Å². The molecule has 1 aromatic heterocycles. The Morgan fingerprint density at radius 1 is 1.28 bits per heavy atom. The van der Waals surface area contributed by atoms with E-state index in [1.54, 1.807) is 13.4 Å². The summed E-state index contributed by atoms with van der Waals surface area (Å²) in [5, 5.41) is 3.14. The minimum atomic E-state index is 0.777. The lowest BCUT2D eigenvalue weighted by Crippen LogP contribution is -2.06. The van der Waals surface area contributed by atoms with Crippen LogP contribution >= 0.6 is 0 Å². The van der Waals surface area contributed by atoms with E-state index < -0.39 is 0 Å². The fraction of sp³-hybridized carbons (Fsp3) is 0.357. The second-order valence-electron chi connectivity index (χ2n) is 4.40. The smallest absolute Gasteiger partial charge is 0.124 e. The predicted octanol–water partition coefficient (Wildman–Crippen LogP) is 2.42. The minimum absolute atomic E-state index is 0.777. The van der Waals surface area contributed by atoms with Gasteiger partial charge < -0.3 is 15.0 Å². The van der Waals surface area contributed by atoms with Gasteiger partial charge in [0, 0.05) is 12.1 Å². The van der Waals surface area contributed by atoms with Crippen LogP contribution in [0.2, 0.25) is 0 Å². The van der Waals surface area contributed by atoms with E-state index in [1.807, 2.05) is 7.05 Å². The Balaban J connectivity index is 2.48. The molecule has 0 spiro atoms. The topological polar surface area (TPSA) is 49.9 Å². The number of H-pyrrole nitrogens is 1. The highest BCUT2D eigenvalue weighted by Crippen LogP contribution is 2.30. The number of rotatable bonds is 4. The Bertz CT molecular complexity index is 523. The van der Waals surface area contributed by atoms with Crippen molar-refractivity contribution >= 4 is 0 Å². The lowest BCUT2D eigenvalue weighted by Gasteiger charge is -2.11. The number of imidazole rings is 1. The molecule has 0 atom stereocenters. The van der Waals surface area contributed by atoms with Crippen molar-refractivity contribution in [3.05, 3.63) is 35.3 Å². The van der Waals surface area contributed by atoms with Crippen molar-refractivity contribution in [2.75, 3.05) is 14.2 Å². The van der Waals surface area contributed by atoms with Crippen LogP contribution in [0.4, 0.5) is 0 Å². The number of nitrogens with zero attached hydrogens (tertiary/aromatic N) is 1. The molecule has 18 heavy (non-hydrogen) atoms. The van der Waals surface area contributed by atoms with E-state index in [9.17, 15) is 0 Å². The van der Waals surface area contributed by atoms with Crippen LogP contribution in [0, 0.1) is 13.8 Å². The molecular formula is C14H19N3O. The maximum atomic E-state index is 5.39. The Hall–Kier alpha value is -1.81. The molecule has 1 heterocycles. The van der Waals surface area contributed by atoms with E-state index in [0.717, 1.165) is 40.4 Å². The second kappa shape index (κ2) is 5.23. The van der Waals surface area contributed by atoms with Crippen molar-refractivity contribution in [2.24, 2.45) is 0 Å². The van der Waals surface area contributed by atoms with Crippen LogP contribution in [0.5, 0.6) is 5.75 Å². The van der Waals surface area contributed by atoms with Gasteiger partial charge in [0.2, 0.25) is 0 Å². The normalized spacial score (nSPS) is 10.7. The first-order valence-electron chi connectivity index (χ1n) is 5.99. The zero-order chi connectivity index (χ0) is 13.1. The second-order valence-corrected chi connectivity index (χ2v) is 4.40. The number of benzene rings is 1. The van der Waals surface area contributed by atoms with Crippen LogP contribution in [0.25, 0.3) is 11.3 Å². The number of hydrogen-bond acceptors (Lipinski definition) is 3. The molecular weight excluding hydrogens is 226 g/mol. The van der Waals surface area contributed by atoms with Crippen LogP contribution < -0.4 is 10.1 Å². The molecule has 0 saturated carbocycles. The third-order valence-corrected chi connectivity index (χ3v) is 3.01. The van der Waals surface area contributed by atoms with Gasteiger partial charge in [-0.1, -0.05) is 0 Å². The molecule has 0 unspecified atom stereocenters. The van der Waals surface area contributed by atoms with Gasteiger partial charge in [0.15, 0.2) is 0 Å². The summed E-state index contributed by atoms with van der Waals surface area (Å²) in [6, 6.07) is 4.22. The summed E-state index contributed by atoms with van der Waals surface area (Å²) in [6.07, 6.45) is 1.73. The molecule has 2 aromatic rings. The van der Waals surface area contributed by atoms with Gasteiger partial charge in [-0.15, -0.1) is 0 Å². The molecule has 4 nitrogen and oxygen atoms in total. The summed E-state index contributed by atoms with van der Waals surface area (Å²) in [7, 11) is 3.63. The average molecular weight is 245 g/mol. The first kappa shape index (κ1) is 12.6. The highest BCUT2D eigenvalue weighted by molar-refractivity contribution is 5.66. The zero-order valence-corrected chi connectivity index (χ0v) is 11.3. The molecule has 0 aliphatic rings. The lowest BCUT2D eigenvalue weighted by molar-refractivity contribution is 0.408. The van der Waals surface area contributed by atoms with E-state index in [0.29, 0.717) is 0 Å². The largest absolute Gasteiger partial charge is 0.496 e. The molecule has 0 bridgehead atoms. The van der Waals surface area contributed by atoms with E-state index in [2.05, 4.69) is 41.3 Å². The summed E-state index contributed by atoms with van der Waals surface area (Å²) in [5.74, 6) is 0.949. The molecule has 0 amide bonds. The highest BCUT2D eigenvalue weighted by Gasteiger charge is 2.11. The number of hydrogen-bond donors (Lipinski definition) is 2. The number of nitrogens with one attached hydrogen (secondary N) is 2. The molecule has 4 heteroatoms. The van der Waals surface area contributed by atoms with Gasteiger partial charge in [0.05, 0.1) is 24.8 Å². The molecule has 0 fully saturated rings. The average Bonchev–Trinajstić information content (AvgIpc) is 2.77. The molecule has 1 aromatic carbocycles. The van der Waals surface area contributed by atoms with E-state index in [1.165, 1.54) is 0 Å². The van der Waals surface area contributed by atoms with Gasteiger partial charge in [-0.05, 0) is 44.2 Å². The zero-order valence-electron chi connectivity index (χ0n) is 11.3. The highest BCUT2D eigenvalue weighted by atomic mass is 16.5. The number of methoxy groups -OCH3 is 1. The summed E-state index contributed by atoms with van der Waals surface area (Å²) < 4.78 is 5.39. The SMILES string of the molecule is CNCc1[nH]cnc1-c1cc(C)c(OC)c(C)c1. The molecule has 0 saturated heterocycles. The van der Waals surface area contributed by atoms with Gasteiger partial charge in [0.25, 0.3) is 0 Å². The van der Waals surface area contributed by atoms with Crippen molar-refractivity contribution in [1.82, 2.24) is 15.3 Å². The van der Waals surface area contributed by atoms with Crippen LogP contribution in [-0.2, 0) is 6.54 Å². The van der Waals surface area contributed by atoms with Crippen molar-refractivity contribution in [3.8, 4) is 17.0 Å². The van der Waals surface area contributed by atoms with Crippen molar-refractivity contribution < 1.29 is 4.74 Å². The van der Waals surface area contributed by atoms with Gasteiger partial charge in [-0.2, -0.15) is 0 Å². The molecule has 0 aliphatic carbocycles. The fourth-order valence-electron chi connectivity index (χ4n) is 2.29. The van der Waals surface area contributed by atoms with Crippen LogP contribution in [-0.4, -0.2) is 24.1 Å². The number of aryl methyl sites for hydroxylation is 2. The predicted molar refractivity (Wildman–Crippen MR) is 72.8 cm³/mol. The quantitative estimate of drug-likeness (QED) is 0.869. The van der Waals surface area contributed by atoms with Crippen molar-refractivity contribution in [1.29, 1.82) is 0 Å². The van der Waals surface area contributed by atoms with E-state index >= 15 is 0 Å². The molecule has 0 aliphatic heterocycles. The first-order valence-corrected chi connectivity index (χ1v) is 5.99. The number of aromatic amines is 1. The van der Waals surface area contributed by atoms with Gasteiger partial charge in [-0.25, -0.2) is 4.98 Å². The molecule has 0 radical (unpaired) electrons. The maximum Gasteiger partial charge on any atom is 0.124 e. The van der Waals surface area contributed by atoms with Crippen LogP contribution in [0.1, 0.15) is 16.8 Å². The van der Waals surface area contributed by atoms with Crippen molar-refractivity contribution in [2.45, 2.75) is 20.4 Å². The Morgan fingerprint density at radius 2 is 1.94 bits per heavy atom. The van der Waals surface area contributed by atoms with Crippen LogP contribution in [0.3, 0.4) is 0 Å². The Labute approximate surface area is 107 Å². The molecule has 2 N–H and O–H groups in total. The lowest BCUT2D eigenvalue weighted by atomic mass is 10.0. The maximum absolute atomic E-state index is 5.39. The van der Waals surface area contributed by atoms with Crippen LogP contribution in [0.15, 0.2) is 18.5 Å². The number of ether oxygens (including phenoxy) is 1. The van der Waals surface area contributed by atoms with Gasteiger partial charge in [-0.3, -0.25) is 0 Å². The summed E-state index contributed by atoms with van der Waals surface area (Å²) in [4.78, 5) is 7.57. The Morgan fingerprint density at radius 3 is 2.50 bits per heavy atom. The molecule has 2 rings (SSSR count). The van der Waals surface area contributed by atoms with E-state index in [4.69, 9.17) is 4.74 Å². The summed E-state index contributed by atoms with van der Waals surface area (Å²) in [5.41, 5.74) is 5.48. The third-order valence-electron chi connectivity index (χ3n) is 3.01. The molecule has 96 valence electrons.